The summed E-state index contributed by atoms with van der Waals surface area (Å²) in [6.45, 7) is 3.59. The van der Waals surface area contributed by atoms with Gasteiger partial charge in [0.15, 0.2) is 6.29 Å². The predicted octanol–water partition coefficient (Wildman–Crippen LogP) is 4.60. The molecule has 9 nitrogen and oxygen atoms in total. The molecule has 1 fully saturated rings. The second-order valence-corrected chi connectivity index (χ2v) is 11.6. The first-order valence-electron chi connectivity index (χ1n) is 16.7. The lowest BCUT2D eigenvalue weighted by atomic mass is 9.99. The monoisotopic (exact) mass is 611 g/mol. The van der Waals surface area contributed by atoms with E-state index in [9.17, 15) is 30.3 Å². The zero-order chi connectivity index (χ0) is 31.7. The number of nitrogens with one attached hydrogen (secondary N) is 1. The van der Waals surface area contributed by atoms with Crippen molar-refractivity contribution in [1.82, 2.24) is 5.32 Å². The van der Waals surface area contributed by atoms with E-state index in [4.69, 9.17) is 9.47 Å². The lowest BCUT2D eigenvalue weighted by molar-refractivity contribution is -0.302. The van der Waals surface area contributed by atoms with E-state index in [0.717, 1.165) is 83.5 Å². The largest absolute Gasteiger partial charge is 0.394 e. The summed E-state index contributed by atoms with van der Waals surface area (Å²) < 4.78 is 11.1. The Morgan fingerprint density at radius 3 is 2.07 bits per heavy atom. The van der Waals surface area contributed by atoms with Crippen molar-refractivity contribution >= 4 is 5.91 Å². The van der Waals surface area contributed by atoms with Crippen LogP contribution >= 0.6 is 0 Å². The SMILES string of the molecule is CCCC/C=C\C/C=C\CCCCCCCC(=O)NC(COC1OC(CO)C(O)C(O)C1O)C(O)/C=C/CCCCCC. The van der Waals surface area contributed by atoms with Crippen molar-refractivity contribution in [1.29, 1.82) is 0 Å². The number of hydrogen-bond donors (Lipinski definition) is 6. The van der Waals surface area contributed by atoms with Gasteiger partial charge in [-0.15, -0.1) is 0 Å². The van der Waals surface area contributed by atoms with Gasteiger partial charge in [-0.3, -0.25) is 4.79 Å². The molecule has 1 aliphatic rings. The minimum absolute atomic E-state index is 0.197. The van der Waals surface area contributed by atoms with E-state index in [1.54, 1.807) is 6.08 Å². The zero-order valence-electron chi connectivity index (χ0n) is 26.7. The average molecular weight is 612 g/mol. The van der Waals surface area contributed by atoms with Gasteiger partial charge in [0.2, 0.25) is 5.91 Å². The molecule has 0 aromatic rings. The number of unbranched alkanes of at least 4 members (excludes halogenated alkanes) is 11. The van der Waals surface area contributed by atoms with Crippen molar-refractivity contribution in [2.75, 3.05) is 13.2 Å². The smallest absolute Gasteiger partial charge is 0.220 e. The van der Waals surface area contributed by atoms with Gasteiger partial charge in [-0.25, -0.2) is 0 Å². The lowest BCUT2D eigenvalue weighted by Crippen LogP contribution is -2.60. The number of aliphatic hydroxyl groups is 5. The van der Waals surface area contributed by atoms with Crippen LogP contribution in [0.1, 0.15) is 117 Å². The third-order valence-corrected chi connectivity index (χ3v) is 7.71. The summed E-state index contributed by atoms with van der Waals surface area (Å²) in [5.41, 5.74) is 0. The summed E-state index contributed by atoms with van der Waals surface area (Å²) in [5, 5.41) is 53.4. The summed E-state index contributed by atoms with van der Waals surface area (Å²) in [4.78, 5) is 12.7. The third kappa shape index (κ3) is 18.1. The number of allylic oxidation sites excluding steroid dienone is 5. The van der Waals surface area contributed by atoms with Crippen LogP contribution in [0.25, 0.3) is 0 Å². The number of ether oxygens (including phenoxy) is 2. The van der Waals surface area contributed by atoms with Crippen LogP contribution in [0.4, 0.5) is 0 Å². The molecule has 6 N–H and O–H groups in total. The molecule has 7 atom stereocenters. The van der Waals surface area contributed by atoms with E-state index < -0.39 is 49.5 Å². The molecule has 1 aliphatic heterocycles. The van der Waals surface area contributed by atoms with Gasteiger partial charge in [0.1, 0.15) is 24.4 Å². The van der Waals surface area contributed by atoms with Crippen LogP contribution in [0.5, 0.6) is 0 Å². The van der Waals surface area contributed by atoms with Crippen LogP contribution in [0.3, 0.4) is 0 Å². The Bertz CT molecular complexity index is 771. The standard InChI is InChI=1S/C34H61NO8/c1-3-5-7-9-11-12-13-14-15-16-17-18-20-22-24-30(38)35-27(28(37)23-21-19-10-8-6-4-2)26-42-34-33(41)32(40)31(39)29(25-36)43-34/h9,11,13-14,21,23,27-29,31-34,36-37,39-41H,3-8,10,12,15-20,22,24-26H2,1-2H3,(H,35,38)/b11-9-,14-13-,23-21+. The fourth-order valence-electron chi connectivity index (χ4n) is 4.87. The number of rotatable bonds is 25. The number of amides is 1. The minimum Gasteiger partial charge on any atom is -0.394 e. The van der Waals surface area contributed by atoms with Gasteiger partial charge in [-0.1, -0.05) is 102 Å². The molecule has 0 aromatic carbocycles. The van der Waals surface area contributed by atoms with Crippen molar-refractivity contribution in [2.45, 2.75) is 159 Å². The van der Waals surface area contributed by atoms with E-state index in [0.29, 0.717) is 6.42 Å². The molecular weight excluding hydrogens is 550 g/mol. The van der Waals surface area contributed by atoms with Gasteiger partial charge < -0.3 is 40.3 Å². The Morgan fingerprint density at radius 1 is 0.791 bits per heavy atom. The van der Waals surface area contributed by atoms with Crippen molar-refractivity contribution in [3.05, 3.63) is 36.5 Å². The Kier molecular flexibility index (Phi) is 23.6. The van der Waals surface area contributed by atoms with E-state index in [-0.39, 0.29) is 12.5 Å². The number of carbonyl (C=O) groups excluding carboxylic acids is 1. The van der Waals surface area contributed by atoms with Gasteiger partial charge in [0.05, 0.1) is 25.4 Å². The number of hydrogen-bond acceptors (Lipinski definition) is 8. The molecule has 0 spiro atoms. The van der Waals surface area contributed by atoms with Crippen LogP contribution in [-0.2, 0) is 14.3 Å². The first kappa shape index (κ1) is 39.4. The maximum atomic E-state index is 12.7. The van der Waals surface area contributed by atoms with E-state index in [1.807, 2.05) is 6.08 Å². The topological polar surface area (TPSA) is 149 Å². The van der Waals surface area contributed by atoms with Gasteiger partial charge in [-0.05, 0) is 44.9 Å². The predicted molar refractivity (Wildman–Crippen MR) is 170 cm³/mol. The molecular formula is C34H61NO8. The second-order valence-electron chi connectivity index (χ2n) is 11.6. The van der Waals surface area contributed by atoms with Crippen LogP contribution in [0.15, 0.2) is 36.5 Å². The van der Waals surface area contributed by atoms with Gasteiger partial charge >= 0.3 is 0 Å². The highest BCUT2D eigenvalue weighted by atomic mass is 16.7. The summed E-state index contributed by atoms with van der Waals surface area (Å²) in [7, 11) is 0. The highest BCUT2D eigenvalue weighted by molar-refractivity contribution is 5.76. The average Bonchev–Trinajstić information content (AvgIpc) is 3.00. The van der Waals surface area contributed by atoms with Crippen LogP contribution < -0.4 is 5.32 Å². The number of carbonyl (C=O) groups is 1. The van der Waals surface area contributed by atoms with Crippen LogP contribution in [0.2, 0.25) is 0 Å². The number of aliphatic hydroxyl groups excluding tert-OH is 5. The Hall–Kier alpha value is -1.59. The van der Waals surface area contributed by atoms with E-state index in [1.165, 1.54) is 12.8 Å². The Balaban J connectivity index is 2.47. The molecule has 9 heteroatoms. The molecule has 7 unspecified atom stereocenters. The van der Waals surface area contributed by atoms with Crippen molar-refractivity contribution in [2.24, 2.45) is 0 Å². The maximum absolute atomic E-state index is 12.7. The lowest BCUT2D eigenvalue weighted by Gasteiger charge is -2.40. The second kappa shape index (κ2) is 25.7. The van der Waals surface area contributed by atoms with Crippen molar-refractivity contribution in [3.8, 4) is 0 Å². The summed E-state index contributed by atoms with van der Waals surface area (Å²) in [6.07, 6.45) is 20.7. The summed E-state index contributed by atoms with van der Waals surface area (Å²) in [5.74, 6) is -0.201. The summed E-state index contributed by atoms with van der Waals surface area (Å²) in [6, 6.07) is -0.806. The fourth-order valence-corrected chi connectivity index (χ4v) is 4.87. The van der Waals surface area contributed by atoms with E-state index in [2.05, 4.69) is 43.5 Å². The van der Waals surface area contributed by atoms with Crippen molar-refractivity contribution < 1.29 is 39.8 Å². The normalized spacial score (nSPS) is 24.3. The van der Waals surface area contributed by atoms with Crippen molar-refractivity contribution in [3.63, 3.8) is 0 Å². The third-order valence-electron chi connectivity index (χ3n) is 7.71. The molecule has 43 heavy (non-hydrogen) atoms. The Morgan fingerprint density at radius 2 is 1.40 bits per heavy atom. The van der Waals surface area contributed by atoms with Gasteiger partial charge in [0.25, 0.3) is 0 Å². The minimum atomic E-state index is -1.56. The highest BCUT2D eigenvalue weighted by Gasteiger charge is 2.44. The van der Waals surface area contributed by atoms with Crippen LogP contribution in [-0.4, -0.2) is 87.5 Å². The molecule has 1 rings (SSSR count). The maximum Gasteiger partial charge on any atom is 0.220 e. The fraction of sp³-hybridized carbons (Fsp3) is 0.794. The molecule has 0 radical (unpaired) electrons. The van der Waals surface area contributed by atoms with E-state index >= 15 is 0 Å². The molecule has 1 saturated heterocycles. The molecule has 0 aliphatic carbocycles. The molecule has 250 valence electrons. The molecule has 1 amide bonds. The Labute approximate surface area is 260 Å². The molecule has 0 bridgehead atoms. The zero-order valence-corrected chi connectivity index (χ0v) is 26.7. The summed E-state index contributed by atoms with van der Waals surface area (Å²) >= 11 is 0. The van der Waals surface area contributed by atoms with Crippen LogP contribution in [0, 0.1) is 0 Å². The molecule has 1 heterocycles. The molecule has 0 aromatic heterocycles. The van der Waals surface area contributed by atoms with Gasteiger partial charge in [0, 0.05) is 6.42 Å². The first-order chi connectivity index (χ1) is 20.8. The molecule has 0 saturated carbocycles. The van der Waals surface area contributed by atoms with Gasteiger partial charge in [-0.2, -0.15) is 0 Å². The first-order valence-corrected chi connectivity index (χ1v) is 16.7. The quantitative estimate of drug-likeness (QED) is 0.0648. The highest BCUT2D eigenvalue weighted by Crippen LogP contribution is 2.22.